The summed E-state index contributed by atoms with van der Waals surface area (Å²) in [4.78, 5) is 22.9. The fourth-order valence-corrected chi connectivity index (χ4v) is 2.14. The highest BCUT2D eigenvalue weighted by Gasteiger charge is 2.32. The number of rotatable bonds is 5. The number of hydrogen-bond donors (Lipinski definition) is 2. The fraction of sp³-hybridized carbons (Fsp3) is 0.667. The molecule has 2 N–H and O–H groups in total. The number of aromatic nitrogens is 2. The Balaban J connectivity index is 2.13. The molecule has 0 spiro atoms. The van der Waals surface area contributed by atoms with Gasteiger partial charge in [0.25, 0.3) is 5.91 Å². The molecule has 0 radical (unpaired) electrons. The van der Waals surface area contributed by atoms with Gasteiger partial charge in [-0.3, -0.25) is 14.3 Å². The van der Waals surface area contributed by atoms with Crippen LogP contribution in [-0.2, 0) is 10.3 Å². The largest absolute Gasteiger partial charge is 0.481 e. The minimum atomic E-state index is -0.922. The highest BCUT2D eigenvalue weighted by Crippen LogP contribution is 2.41. The molecule has 21 heavy (non-hydrogen) atoms. The Kier molecular flexibility index (Phi) is 4.07. The maximum absolute atomic E-state index is 12.1. The number of carbonyl (C=O) groups excluding carboxylic acids is 1. The maximum atomic E-state index is 12.1. The predicted molar refractivity (Wildman–Crippen MR) is 78.3 cm³/mol. The smallest absolute Gasteiger partial charge is 0.308 e. The van der Waals surface area contributed by atoms with E-state index < -0.39 is 11.9 Å². The molecule has 116 valence electrons. The number of carbonyl (C=O) groups is 2. The lowest BCUT2D eigenvalue weighted by molar-refractivity contribution is -0.140. The van der Waals surface area contributed by atoms with Crippen LogP contribution in [0.3, 0.4) is 0 Å². The first-order valence-corrected chi connectivity index (χ1v) is 7.31. The van der Waals surface area contributed by atoms with Crippen molar-refractivity contribution in [1.29, 1.82) is 0 Å². The zero-order valence-corrected chi connectivity index (χ0v) is 13.0. The topological polar surface area (TPSA) is 84.2 Å². The van der Waals surface area contributed by atoms with E-state index in [9.17, 15) is 9.59 Å². The van der Waals surface area contributed by atoms with E-state index >= 15 is 0 Å². The first-order chi connectivity index (χ1) is 9.70. The van der Waals surface area contributed by atoms with Gasteiger partial charge in [0, 0.05) is 18.2 Å². The maximum Gasteiger partial charge on any atom is 0.308 e. The van der Waals surface area contributed by atoms with Gasteiger partial charge < -0.3 is 10.4 Å². The zero-order valence-electron chi connectivity index (χ0n) is 13.0. The molecule has 0 saturated heterocycles. The summed E-state index contributed by atoms with van der Waals surface area (Å²) in [5.74, 6) is -1.35. The molecule has 6 nitrogen and oxygen atoms in total. The minimum Gasteiger partial charge on any atom is -0.481 e. The lowest BCUT2D eigenvalue weighted by atomic mass is 10.1. The second-order valence-corrected chi connectivity index (χ2v) is 6.76. The molecular formula is C15H23N3O3. The van der Waals surface area contributed by atoms with Crippen LogP contribution in [0.1, 0.15) is 62.6 Å². The van der Waals surface area contributed by atoms with E-state index in [0.717, 1.165) is 18.5 Å². The molecule has 0 aliphatic heterocycles. The molecule has 1 aromatic heterocycles. The molecule has 1 atom stereocenters. The SMILES string of the molecule is C[C@@H](CNC(=O)c1cc(C2CC2)n(C(C)(C)C)n1)C(=O)O. The first kappa shape index (κ1) is 15.5. The second-order valence-electron chi connectivity index (χ2n) is 6.76. The van der Waals surface area contributed by atoms with Crippen LogP contribution in [0.2, 0.25) is 0 Å². The van der Waals surface area contributed by atoms with Crippen LogP contribution in [0.5, 0.6) is 0 Å². The minimum absolute atomic E-state index is 0.106. The summed E-state index contributed by atoms with van der Waals surface area (Å²) in [5, 5.41) is 15.9. The Morgan fingerprint density at radius 1 is 1.48 bits per heavy atom. The molecule has 1 heterocycles. The number of aliphatic carboxylic acids is 1. The Bertz CT molecular complexity index is 553. The van der Waals surface area contributed by atoms with E-state index in [1.54, 1.807) is 6.92 Å². The average Bonchev–Trinajstić information content (AvgIpc) is 3.12. The van der Waals surface area contributed by atoms with Crippen molar-refractivity contribution < 1.29 is 14.7 Å². The van der Waals surface area contributed by atoms with Crippen molar-refractivity contribution in [2.24, 2.45) is 5.92 Å². The zero-order chi connectivity index (χ0) is 15.8. The molecule has 0 unspecified atom stereocenters. The lowest BCUT2D eigenvalue weighted by Crippen LogP contribution is -2.32. The summed E-state index contributed by atoms with van der Waals surface area (Å²) in [5.41, 5.74) is 1.29. The van der Waals surface area contributed by atoms with E-state index in [4.69, 9.17) is 5.11 Å². The highest BCUT2D eigenvalue weighted by atomic mass is 16.4. The van der Waals surface area contributed by atoms with Crippen molar-refractivity contribution in [1.82, 2.24) is 15.1 Å². The van der Waals surface area contributed by atoms with E-state index in [1.165, 1.54) is 0 Å². The number of nitrogens with zero attached hydrogens (tertiary/aromatic N) is 2. The third kappa shape index (κ3) is 3.62. The molecule has 2 rings (SSSR count). The van der Waals surface area contributed by atoms with Gasteiger partial charge in [-0.25, -0.2) is 0 Å². The van der Waals surface area contributed by atoms with E-state index in [0.29, 0.717) is 11.6 Å². The van der Waals surface area contributed by atoms with Crippen molar-refractivity contribution in [3.8, 4) is 0 Å². The number of nitrogens with one attached hydrogen (secondary N) is 1. The molecule has 1 fully saturated rings. The van der Waals surface area contributed by atoms with Gasteiger partial charge in [0.2, 0.25) is 0 Å². The van der Waals surface area contributed by atoms with Gasteiger partial charge in [0.1, 0.15) is 5.69 Å². The van der Waals surface area contributed by atoms with Gasteiger partial charge in [0.05, 0.1) is 11.5 Å². The Hall–Kier alpha value is -1.85. The molecule has 1 aliphatic rings. The number of hydrogen-bond acceptors (Lipinski definition) is 3. The van der Waals surface area contributed by atoms with Crippen LogP contribution in [0.15, 0.2) is 6.07 Å². The van der Waals surface area contributed by atoms with Gasteiger partial charge in [0.15, 0.2) is 0 Å². The monoisotopic (exact) mass is 293 g/mol. The molecular weight excluding hydrogens is 270 g/mol. The quantitative estimate of drug-likeness (QED) is 0.869. The summed E-state index contributed by atoms with van der Waals surface area (Å²) in [7, 11) is 0. The summed E-state index contributed by atoms with van der Waals surface area (Å²) in [6, 6.07) is 1.84. The van der Waals surface area contributed by atoms with Crippen LogP contribution >= 0.6 is 0 Å². The van der Waals surface area contributed by atoms with Crippen molar-refractivity contribution >= 4 is 11.9 Å². The van der Waals surface area contributed by atoms with Gasteiger partial charge in [-0.2, -0.15) is 5.10 Å². The van der Waals surface area contributed by atoms with Crippen molar-refractivity contribution in [3.63, 3.8) is 0 Å². The normalized spacial score (nSPS) is 16.6. The van der Waals surface area contributed by atoms with Crippen LogP contribution in [-0.4, -0.2) is 33.3 Å². The Labute approximate surface area is 124 Å². The van der Waals surface area contributed by atoms with Crippen molar-refractivity contribution in [2.75, 3.05) is 6.54 Å². The Morgan fingerprint density at radius 2 is 2.10 bits per heavy atom. The van der Waals surface area contributed by atoms with E-state index in [2.05, 4.69) is 31.2 Å². The molecule has 1 aromatic rings. The highest BCUT2D eigenvalue weighted by molar-refractivity contribution is 5.92. The predicted octanol–water partition coefficient (Wildman–Crippen LogP) is 1.97. The third-order valence-electron chi connectivity index (χ3n) is 3.59. The van der Waals surface area contributed by atoms with Gasteiger partial charge >= 0.3 is 5.97 Å². The summed E-state index contributed by atoms with van der Waals surface area (Å²) in [6.07, 6.45) is 2.28. The molecule has 1 amide bonds. The number of carboxylic acid groups (broad SMARTS) is 1. The van der Waals surface area contributed by atoms with Crippen molar-refractivity contribution in [2.45, 2.75) is 52.0 Å². The average molecular weight is 293 g/mol. The molecule has 6 heteroatoms. The van der Waals surface area contributed by atoms with E-state index in [-0.39, 0.29) is 18.0 Å². The van der Waals surface area contributed by atoms with Crippen LogP contribution in [0.4, 0.5) is 0 Å². The van der Waals surface area contributed by atoms with Crippen molar-refractivity contribution in [3.05, 3.63) is 17.5 Å². The van der Waals surface area contributed by atoms with Gasteiger partial charge in [-0.05, 0) is 39.7 Å². The van der Waals surface area contributed by atoms with Gasteiger partial charge in [-0.15, -0.1) is 0 Å². The number of amides is 1. The fourth-order valence-electron chi connectivity index (χ4n) is 2.14. The molecule has 1 saturated carbocycles. The summed E-state index contributed by atoms with van der Waals surface area (Å²) in [6.45, 7) is 7.83. The molecule has 0 aromatic carbocycles. The summed E-state index contributed by atoms with van der Waals surface area (Å²) < 4.78 is 1.92. The van der Waals surface area contributed by atoms with Gasteiger partial charge in [-0.1, -0.05) is 6.92 Å². The summed E-state index contributed by atoms with van der Waals surface area (Å²) >= 11 is 0. The van der Waals surface area contributed by atoms with E-state index in [1.807, 2.05) is 10.7 Å². The van der Waals surface area contributed by atoms with Crippen LogP contribution < -0.4 is 5.32 Å². The standard InChI is InChI=1S/C15H23N3O3/c1-9(14(20)21)8-16-13(19)11-7-12(10-5-6-10)18(17-11)15(2,3)4/h7,9-10H,5-6,8H2,1-4H3,(H,16,19)(H,20,21)/t9-/m0/s1. The lowest BCUT2D eigenvalue weighted by Gasteiger charge is -2.22. The molecule has 1 aliphatic carbocycles. The third-order valence-corrected chi connectivity index (χ3v) is 3.59. The second kappa shape index (κ2) is 5.50. The first-order valence-electron chi connectivity index (χ1n) is 7.31. The van der Waals surface area contributed by atoms with Crippen LogP contribution in [0.25, 0.3) is 0 Å². The number of carboxylic acids is 1. The van der Waals surface area contributed by atoms with Crippen LogP contribution in [0, 0.1) is 5.92 Å². The Morgan fingerprint density at radius 3 is 2.57 bits per heavy atom. The molecule has 0 bridgehead atoms.